The average Bonchev–Trinajstić information content (AvgIpc) is 2.80. The van der Waals surface area contributed by atoms with Gasteiger partial charge in [0.1, 0.15) is 11.3 Å². The van der Waals surface area contributed by atoms with Crippen LogP contribution in [0, 0.1) is 17.0 Å². The highest BCUT2D eigenvalue weighted by atomic mass is 16.6. The largest absolute Gasteiger partial charge is 0.496 e. The summed E-state index contributed by atoms with van der Waals surface area (Å²) in [5.41, 5.74) is 0.550. The van der Waals surface area contributed by atoms with E-state index in [0.29, 0.717) is 17.1 Å². The lowest BCUT2D eigenvalue weighted by Crippen LogP contribution is -1.98. The summed E-state index contributed by atoms with van der Waals surface area (Å²) in [6, 6.07) is 4.10. The van der Waals surface area contributed by atoms with Gasteiger partial charge in [-0.05, 0) is 6.92 Å². The van der Waals surface area contributed by atoms with E-state index >= 15 is 0 Å². The maximum Gasteiger partial charge on any atom is 0.339 e. The third-order valence-corrected chi connectivity index (χ3v) is 2.72. The number of carboxylic acids is 1. The van der Waals surface area contributed by atoms with Crippen LogP contribution in [0.2, 0.25) is 0 Å². The molecular formula is C12H11N3O5. The predicted molar refractivity (Wildman–Crippen MR) is 68.5 cm³/mol. The quantitative estimate of drug-likeness (QED) is 0.674. The van der Waals surface area contributed by atoms with Crippen molar-refractivity contribution in [3.8, 4) is 11.4 Å². The Morgan fingerprint density at radius 1 is 1.45 bits per heavy atom. The molecule has 1 N–H and O–H groups in total. The second-order valence-electron chi connectivity index (χ2n) is 4.02. The second-order valence-corrected chi connectivity index (χ2v) is 4.02. The number of non-ortho nitro benzene ring substituents is 1. The van der Waals surface area contributed by atoms with Gasteiger partial charge in [-0.1, -0.05) is 0 Å². The van der Waals surface area contributed by atoms with E-state index in [9.17, 15) is 14.9 Å². The van der Waals surface area contributed by atoms with Crippen LogP contribution in [-0.2, 0) is 0 Å². The maximum atomic E-state index is 11.0. The molecule has 0 saturated heterocycles. The maximum absolute atomic E-state index is 11.0. The second kappa shape index (κ2) is 5.00. The molecule has 2 rings (SSSR count). The van der Waals surface area contributed by atoms with Gasteiger partial charge >= 0.3 is 5.97 Å². The fourth-order valence-electron chi connectivity index (χ4n) is 1.73. The lowest BCUT2D eigenvalue weighted by molar-refractivity contribution is -0.384. The highest BCUT2D eigenvalue weighted by molar-refractivity contribution is 5.88. The van der Waals surface area contributed by atoms with Gasteiger partial charge in [0.2, 0.25) is 0 Å². The smallest absolute Gasteiger partial charge is 0.339 e. The first kappa shape index (κ1) is 13.5. The number of rotatable bonds is 4. The topological polar surface area (TPSA) is 107 Å². The Labute approximate surface area is 113 Å². The number of benzene rings is 1. The van der Waals surface area contributed by atoms with E-state index in [2.05, 4.69) is 5.10 Å². The van der Waals surface area contributed by atoms with Crippen LogP contribution >= 0.6 is 0 Å². The number of hydrogen-bond donors (Lipinski definition) is 1. The first-order chi connectivity index (χ1) is 9.42. The molecule has 0 bridgehead atoms. The third kappa shape index (κ3) is 2.44. The molecule has 8 nitrogen and oxygen atoms in total. The molecule has 1 heterocycles. The summed E-state index contributed by atoms with van der Waals surface area (Å²) in [6.07, 6.45) is 1.30. The first-order valence-electron chi connectivity index (χ1n) is 5.55. The fourth-order valence-corrected chi connectivity index (χ4v) is 1.73. The van der Waals surface area contributed by atoms with Gasteiger partial charge in [-0.25, -0.2) is 9.48 Å². The highest BCUT2D eigenvalue weighted by Gasteiger charge is 2.16. The number of aryl methyl sites for hydroxylation is 1. The SMILES string of the molecule is COc1cc(-n2cc(C(=O)O)c(C)n2)cc([N+](=O)[O-])c1. The van der Waals surface area contributed by atoms with Crippen LogP contribution < -0.4 is 4.74 Å². The number of nitro benzene ring substituents is 1. The van der Waals surface area contributed by atoms with E-state index in [1.165, 1.54) is 36.2 Å². The minimum absolute atomic E-state index is 0.0375. The van der Waals surface area contributed by atoms with Crippen molar-refractivity contribution in [3.63, 3.8) is 0 Å². The van der Waals surface area contributed by atoms with Crippen LogP contribution in [0.15, 0.2) is 24.4 Å². The van der Waals surface area contributed by atoms with Crippen molar-refractivity contribution in [1.82, 2.24) is 9.78 Å². The predicted octanol–water partition coefficient (Wildman–Crippen LogP) is 1.80. The molecule has 0 spiro atoms. The summed E-state index contributed by atoms with van der Waals surface area (Å²) in [5, 5.41) is 23.9. The molecule has 104 valence electrons. The van der Waals surface area contributed by atoms with Crippen molar-refractivity contribution < 1.29 is 19.6 Å². The standard InChI is InChI=1S/C12H11N3O5/c1-7-11(12(16)17)6-14(13-7)8-3-9(15(18)19)5-10(4-8)20-2/h3-6H,1-2H3,(H,16,17). The zero-order valence-corrected chi connectivity index (χ0v) is 10.7. The van der Waals surface area contributed by atoms with Gasteiger partial charge in [-0.15, -0.1) is 0 Å². The number of methoxy groups -OCH3 is 1. The molecule has 0 aliphatic heterocycles. The molecular weight excluding hydrogens is 266 g/mol. The van der Waals surface area contributed by atoms with Crippen molar-refractivity contribution >= 4 is 11.7 Å². The number of carbonyl (C=O) groups is 1. The van der Waals surface area contributed by atoms with Crippen molar-refractivity contribution in [2.75, 3.05) is 7.11 Å². The van der Waals surface area contributed by atoms with Crippen LogP contribution in [0.5, 0.6) is 5.75 Å². The summed E-state index contributed by atoms with van der Waals surface area (Å²) >= 11 is 0. The molecule has 0 aliphatic rings. The van der Waals surface area contributed by atoms with Crippen LogP contribution in [0.4, 0.5) is 5.69 Å². The summed E-state index contributed by atoms with van der Waals surface area (Å²) in [4.78, 5) is 21.3. The first-order valence-corrected chi connectivity index (χ1v) is 5.55. The molecule has 1 aromatic carbocycles. The summed E-state index contributed by atoms with van der Waals surface area (Å²) < 4.78 is 6.26. The monoisotopic (exact) mass is 277 g/mol. The summed E-state index contributed by atoms with van der Waals surface area (Å²) in [7, 11) is 1.39. The Morgan fingerprint density at radius 2 is 2.15 bits per heavy atom. The van der Waals surface area contributed by atoms with E-state index in [-0.39, 0.29) is 11.3 Å². The normalized spacial score (nSPS) is 10.3. The van der Waals surface area contributed by atoms with E-state index in [1.54, 1.807) is 6.92 Å². The lowest BCUT2D eigenvalue weighted by Gasteiger charge is -2.05. The number of nitro groups is 1. The van der Waals surface area contributed by atoms with E-state index in [0.717, 1.165) is 0 Å². The van der Waals surface area contributed by atoms with Gasteiger partial charge in [0.15, 0.2) is 0 Å². The summed E-state index contributed by atoms with van der Waals surface area (Å²) in [5.74, 6) is -0.814. The Bertz CT molecular complexity index is 692. The van der Waals surface area contributed by atoms with Crippen LogP contribution in [0.3, 0.4) is 0 Å². The fraction of sp³-hybridized carbons (Fsp3) is 0.167. The molecule has 0 unspecified atom stereocenters. The van der Waals surface area contributed by atoms with Crippen molar-refractivity contribution in [3.05, 3.63) is 45.8 Å². The number of ether oxygens (including phenoxy) is 1. The van der Waals surface area contributed by atoms with Gasteiger partial charge < -0.3 is 9.84 Å². The molecule has 0 atom stereocenters. The Hall–Kier alpha value is -2.90. The Balaban J connectivity index is 2.57. The molecule has 0 aliphatic carbocycles. The number of carboxylic acid groups (broad SMARTS) is 1. The van der Waals surface area contributed by atoms with Gasteiger partial charge in [-0.3, -0.25) is 10.1 Å². The average molecular weight is 277 g/mol. The molecule has 0 radical (unpaired) electrons. The Kier molecular flexibility index (Phi) is 3.38. The number of aromatic carboxylic acids is 1. The van der Waals surface area contributed by atoms with E-state index in [4.69, 9.17) is 9.84 Å². The van der Waals surface area contributed by atoms with Crippen molar-refractivity contribution in [2.24, 2.45) is 0 Å². The molecule has 8 heteroatoms. The Morgan fingerprint density at radius 3 is 2.65 bits per heavy atom. The zero-order valence-electron chi connectivity index (χ0n) is 10.7. The molecule has 1 aromatic heterocycles. The van der Waals surface area contributed by atoms with Gasteiger partial charge in [-0.2, -0.15) is 5.10 Å². The van der Waals surface area contributed by atoms with Gasteiger partial charge in [0.25, 0.3) is 5.69 Å². The van der Waals surface area contributed by atoms with Crippen molar-refractivity contribution in [2.45, 2.75) is 6.92 Å². The number of aromatic nitrogens is 2. The van der Waals surface area contributed by atoms with Crippen LogP contribution in [-0.4, -0.2) is 32.9 Å². The minimum atomic E-state index is -1.11. The van der Waals surface area contributed by atoms with Crippen LogP contribution in [0.1, 0.15) is 16.1 Å². The van der Waals surface area contributed by atoms with E-state index in [1.807, 2.05) is 0 Å². The number of hydrogen-bond acceptors (Lipinski definition) is 5. The summed E-state index contributed by atoms with van der Waals surface area (Å²) in [6.45, 7) is 1.55. The number of nitrogens with zero attached hydrogens (tertiary/aromatic N) is 3. The third-order valence-electron chi connectivity index (χ3n) is 2.72. The van der Waals surface area contributed by atoms with Crippen molar-refractivity contribution in [1.29, 1.82) is 0 Å². The van der Waals surface area contributed by atoms with Gasteiger partial charge in [0, 0.05) is 18.3 Å². The highest BCUT2D eigenvalue weighted by Crippen LogP contribution is 2.25. The van der Waals surface area contributed by atoms with E-state index < -0.39 is 10.9 Å². The minimum Gasteiger partial charge on any atom is -0.496 e. The molecule has 0 fully saturated rings. The molecule has 2 aromatic rings. The van der Waals surface area contributed by atoms with Gasteiger partial charge in [0.05, 0.1) is 29.5 Å². The molecule has 20 heavy (non-hydrogen) atoms. The lowest BCUT2D eigenvalue weighted by atomic mass is 10.2. The zero-order chi connectivity index (χ0) is 14.9. The molecule has 0 amide bonds. The van der Waals surface area contributed by atoms with Crippen LogP contribution in [0.25, 0.3) is 5.69 Å². The molecule has 0 saturated carbocycles.